The molecule has 2 nitrogen and oxygen atoms in total. The van der Waals surface area contributed by atoms with Crippen LogP contribution >= 0.6 is 11.3 Å². The molecule has 86 valence electrons. The zero-order valence-electron chi connectivity index (χ0n) is 10.3. The average Bonchev–Trinajstić information content (AvgIpc) is 2.70. The molecule has 2 heterocycles. The molecule has 2 rings (SSSR count). The quantitative estimate of drug-likeness (QED) is 0.849. The minimum Gasteiger partial charge on any atom is -0.326 e. The molecule has 3 heteroatoms. The van der Waals surface area contributed by atoms with Crippen LogP contribution in [0.1, 0.15) is 27.4 Å². The van der Waals surface area contributed by atoms with E-state index in [2.05, 4.69) is 44.4 Å². The number of hydrogen-bond acceptors (Lipinski definition) is 2. The monoisotopic (exact) mass is 234 g/mol. The highest BCUT2D eigenvalue weighted by molar-refractivity contribution is 7.14. The number of nitrogens with zero attached hydrogens (tertiary/aromatic N) is 1. The van der Waals surface area contributed by atoms with Crippen LogP contribution in [0.4, 0.5) is 0 Å². The SMILES string of the molecule is Cc1sc(-n2c(C)ccc2C)c(CN)c1C. The molecule has 0 atom stereocenters. The lowest BCUT2D eigenvalue weighted by Crippen LogP contribution is -2.04. The Morgan fingerprint density at radius 1 is 1.12 bits per heavy atom. The van der Waals surface area contributed by atoms with E-state index in [0.29, 0.717) is 6.54 Å². The van der Waals surface area contributed by atoms with Crippen molar-refractivity contribution in [1.29, 1.82) is 0 Å². The van der Waals surface area contributed by atoms with Crippen molar-refractivity contribution in [2.45, 2.75) is 34.2 Å². The molecular formula is C13H18N2S. The average molecular weight is 234 g/mol. The maximum Gasteiger partial charge on any atom is 0.104 e. The lowest BCUT2D eigenvalue weighted by Gasteiger charge is -2.09. The van der Waals surface area contributed by atoms with Gasteiger partial charge in [0.15, 0.2) is 0 Å². The molecule has 0 unspecified atom stereocenters. The van der Waals surface area contributed by atoms with E-state index in [1.54, 1.807) is 0 Å². The molecule has 2 N–H and O–H groups in total. The van der Waals surface area contributed by atoms with E-state index in [-0.39, 0.29) is 0 Å². The number of hydrogen-bond donors (Lipinski definition) is 1. The van der Waals surface area contributed by atoms with Crippen molar-refractivity contribution in [2.75, 3.05) is 0 Å². The van der Waals surface area contributed by atoms with Gasteiger partial charge in [0, 0.05) is 28.4 Å². The molecule has 0 saturated carbocycles. The smallest absolute Gasteiger partial charge is 0.104 e. The van der Waals surface area contributed by atoms with Crippen LogP contribution in [0.2, 0.25) is 0 Å². The van der Waals surface area contributed by atoms with Crippen LogP contribution < -0.4 is 5.73 Å². The summed E-state index contributed by atoms with van der Waals surface area (Å²) in [6.07, 6.45) is 0. The van der Waals surface area contributed by atoms with Gasteiger partial charge in [0.2, 0.25) is 0 Å². The summed E-state index contributed by atoms with van der Waals surface area (Å²) in [5, 5.41) is 1.29. The Kier molecular flexibility index (Phi) is 2.91. The molecule has 0 saturated heterocycles. The van der Waals surface area contributed by atoms with Gasteiger partial charge in [-0.3, -0.25) is 0 Å². The predicted molar refractivity (Wildman–Crippen MR) is 70.5 cm³/mol. The first-order chi connectivity index (χ1) is 7.56. The van der Waals surface area contributed by atoms with Gasteiger partial charge in [0.05, 0.1) is 0 Å². The molecule has 0 spiro atoms. The summed E-state index contributed by atoms with van der Waals surface area (Å²) in [6.45, 7) is 9.21. The Labute approximate surface area is 101 Å². The zero-order valence-corrected chi connectivity index (χ0v) is 11.1. The first-order valence-electron chi connectivity index (χ1n) is 5.50. The van der Waals surface area contributed by atoms with E-state index in [9.17, 15) is 0 Å². The molecule has 0 aliphatic carbocycles. The van der Waals surface area contributed by atoms with Gasteiger partial charge in [-0.2, -0.15) is 0 Å². The second-order valence-electron chi connectivity index (χ2n) is 4.22. The lowest BCUT2D eigenvalue weighted by molar-refractivity contribution is 0.945. The number of thiophene rings is 1. The molecule has 0 fully saturated rings. The van der Waals surface area contributed by atoms with Crippen LogP contribution in [0, 0.1) is 27.7 Å². The first-order valence-corrected chi connectivity index (χ1v) is 6.32. The summed E-state index contributed by atoms with van der Waals surface area (Å²) in [4.78, 5) is 1.36. The number of rotatable bonds is 2. The lowest BCUT2D eigenvalue weighted by atomic mass is 10.1. The molecular weight excluding hydrogens is 216 g/mol. The summed E-state index contributed by atoms with van der Waals surface area (Å²) in [7, 11) is 0. The van der Waals surface area contributed by atoms with E-state index in [1.807, 2.05) is 11.3 Å². The Bertz CT molecular complexity index is 501. The van der Waals surface area contributed by atoms with E-state index in [1.165, 1.54) is 32.4 Å². The van der Waals surface area contributed by atoms with Crippen molar-refractivity contribution in [3.8, 4) is 5.00 Å². The third kappa shape index (κ3) is 1.60. The van der Waals surface area contributed by atoms with Crippen molar-refractivity contribution < 1.29 is 0 Å². The highest BCUT2D eigenvalue weighted by Crippen LogP contribution is 2.32. The molecule has 0 aliphatic rings. The zero-order chi connectivity index (χ0) is 11.9. The minimum atomic E-state index is 0.614. The van der Waals surface area contributed by atoms with Crippen molar-refractivity contribution >= 4 is 11.3 Å². The molecule has 16 heavy (non-hydrogen) atoms. The van der Waals surface area contributed by atoms with E-state index < -0.39 is 0 Å². The van der Waals surface area contributed by atoms with Crippen LogP contribution in [0.15, 0.2) is 12.1 Å². The molecule has 0 bridgehead atoms. The summed E-state index contributed by atoms with van der Waals surface area (Å²) >= 11 is 1.83. The third-order valence-electron chi connectivity index (χ3n) is 3.17. The third-order valence-corrected chi connectivity index (χ3v) is 4.40. The molecule has 2 aromatic heterocycles. The second-order valence-corrected chi connectivity index (χ2v) is 5.43. The maximum absolute atomic E-state index is 5.86. The van der Waals surface area contributed by atoms with Gasteiger partial charge >= 0.3 is 0 Å². The highest BCUT2D eigenvalue weighted by atomic mass is 32.1. The normalized spacial score (nSPS) is 11.1. The summed E-state index contributed by atoms with van der Waals surface area (Å²) < 4.78 is 2.30. The van der Waals surface area contributed by atoms with Crippen molar-refractivity contribution in [2.24, 2.45) is 5.73 Å². The molecule has 0 amide bonds. The largest absolute Gasteiger partial charge is 0.326 e. The number of aryl methyl sites for hydroxylation is 3. The Morgan fingerprint density at radius 2 is 1.69 bits per heavy atom. The highest BCUT2D eigenvalue weighted by Gasteiger charge is 2.14. The van der Waals surface area contributed by atoms with Gasteiger partial charge in [0.25, 0.3) is 0 Å². The maximum atomic E-state index is 5.86. The standard InChI is InChI=1S/C13H18N2S/c1-8-5-6-9(2)15(8)13-12(7-14)10(3)11(4)16-13/h5-6H,7,14H2,1-4H3. The van der Waals surface area contributed by atoms with E-state index >= 15 is 0 Å². The van der Waals surface area contributed by atoms with Crippen LogP contribution in [0.25, 0.3) is 5.00 Å². The molecule has 0 radical (unpaired) electrons. The van der Waals surface area contributed by atoms with Crippen molar-refractivity contribution in [1.82, 2.24) is 4.57 Å². The Hall–Kier alpha value is -1.06. The predicted octanol–water partition coefficient (Wildman–Crippen LogP) is 3.23. The molecule has 2 aromatic rings. The van der Waals surface area contributed by atoms with Crippen LogP contribution in [-0.2, 0) is 6.54 Å². The van der Waals surface area contributed by atoms with Gasteiger partial charge < -0.3 is 10.3 Å². The van der Waals surface area contributed by atoms with Gasteiger partial charge in [-0.15, -0.1) is 11.3 Å². The fraction of sp³-hybridized carbons (Fsp3) is 0.385. The second kappa shape index (κ2) is 4.07. The number of aromatic nitrogens is 1. The van der Waals surface area contributed by atoms with Crippen LogP contribution in [0.5, 0.6) is 0 Å². The van der Waals surface area contributed by atoms with Crippen molar-refractivity contribution in [3.63, 3.8) is 0 Å². The van der Waals surface area contributed by atoms with Gasteiger partial charge in [-0.1, -0.05) is 0 Å². The topological polar surface area (TPSA) is 30.9 Å². The minimum absolute atomic E-state index is 0.614. The Morgan fingerprint density at radius 3 is 2.19 bits per heavy atom. The summed E-state index contributed by atoms with van der Waals surface area (Å²) in [5.74, 6) is 0. The summed E-state index contributed by atoms with van der Waals surface area (Å²) in [6, 6.07) is 4.31. The first kappa shape index (κ1) is 11.4. The molecule has 0 aliphatic heterocycles. The van der Waals surface area contributed by atoms with E-state index in [0.717, 1.165) is 0 Å². The van der Waals surface area contributed by atoms with Gasteiger partial charge in [0.1, 0.15) is 5.00 Å². The fourth-order valence-electron chi connectivity index (χ4n) is 2.07. The molecule has 0 aromatic carbocycles. The fourth-order valence-corrected chi connectivity index (χ4v) is 3.37. The summed E-state index contributed by atoms with van der Waals surface area (Å²) in [5.41, 5.74) is 11.0. The van der Waals surface area contributed by atoms with Gasteiger partial charge in [-0.25, -0.2) is 0 Å². The number of nitrogens with two attached hydrogens (primary N) is 1. The Balaban J connectivity index is 2.69. The van der Waals surface area contributed by atoms with Crippen LogP contribution in [0.3, 0.4) is 0 Å². The van der Waals surface area contributed by atoms with E-state index in [4.69, 9.17) is 5.73 Å². The van der Waals surface area contributed by atoms with Crippen molar-refractivity contribution in [3.05, 3.63) is 39.5 Å². The van der Waals surface area contributed by atoms with Crippen LogP contribution in [-0.4, -0.2) is 4.57 Å². The van der Waals surface area contributed by atoms with Gasteiger partial charge in [-0.05, 0) is 45.4 Å².